The highest BCUT2D eigenvalue weighted by atomic mass is 16.5. The second-order valence-electron chi connectivity index (χ2n) is 5.45. The molecule has 4 N–H and O–H groups in total. The van der Waals surface area contributed by atoms with Gasteiger partial charge in [-0.25, -0.2) is 0 Å². The number of nitrogens with zero attached hydrogens (tertiary/aromatic N) is 1. The zero-order valence-electron chi connectivity index (χ0n) is 12.1. The molecule has 0 spiro atoms. The largest absolute Gasteiger partial charge is 0.508 e. The van der Waals surface area contributed by atoms with Crippen LogP contribution in [0.25, 0.3) is 0 Å². The summed E-state index contributed by atoms with van der Waals surface area (Å²) >= 11 is 0. The van der Waals surface area contributed by atoms with Crippen molar-refractivity contribution in [2.75, 3.05) is 19.8 Å². The number of benzene rings is 1. The van der Waals surface area contributed by atoms with Crippen LogP contribution in [0.4, 0.5) is 0 Å². The van der Waals surface area contributed by atoms with E-state index in [2.05, 4.69) is 0 Å². The van der Waals surface area contributed by atoms with Crippen molar-refractivity contribution in [1.82, 2.24) is 4.90 Å². The van der Waals surface area contributed by atoms with E-state index in [1.807, 2.05) is 6.92 Å². The standard InChI is InChI=1S/C15H22N2O4/c1-10-9-21-13(8-18)7-17(10)15(20)14(16)6-11-2-4-12(19)5-3-11/h2-5,10,13-14,18-19H,6-9,16H2,1H3. The normalized spacial score (nSPS) is 23.9. The van der Waals surface area contributed by atoms with Crippen molar-refractivity contribution in [2.24, 2.45) is 5.73 Å². The molecule has 1 aromatic rings. The van der Waals surface area contributed by atoms with E-state index in [9.17, 15) is 9.90 Å². The highest BCUT2D eigenvalue weighted by Crippen LogP contribution is 2.15. The Morgan fingerprint density at radius 3 is 2.76 bits per heavy atom. The van der Waals surface area contributed by atoms with E-state index < -0.39 is 6.04 Å². The monoisotopic (exact) mass is 294 g/mol. The zero-order chi connectivity index (χ0) is 15.4. The Balaban J connectivity index is 1.99. The Labute approximate surface area is 124 Å². The third-order valence-corrected chi connectivity index (χ3v) is 3.70. The predicted molar refractivity (Wildman–Crippen MR) is 77.8 cm³/mol. The Bertz CT molecular complexity index is 477. The second kappa shape index (κ2) is 6.89. The Morgan fingerprint density at radius 2 is 2.14 bits per heavy atom. The van der Waals surface area contributed by atoms with Crippen LogP contribution in [0, 0.1) is 0 Å². The average Bonchev–Trinajstić information content (AvgIpc) is 2.49. The van der Waals surface area contributed by atoms with Gasteiger partial charge >= 0.3 is 0 Å². The fourth-order valence-electron chi connectivity index (χ4n) is 2.42. The van der Waals surface area contributed by atoms with Crippen LogP contribution in [0.15, 0.2) is 24.3 Å². The van der Waals surface area contributed by atoms with Gasteiger partial charge in [-0.05, 0) is 31.0 Å². The first-order valence-corrected chi connectivity index (χ1v) is 7.07. The maximum Gasteiger partial charge on any atom is 0.240 e. The van der Waals surface area contributed by atoms with E-state index in [4.69, 9.17) is 15.6 Å². The van der Waals surface area contributed by atoms with Crippen molar-refractivity contribution in [3.8, 4) is 5.75 Å². The molecule has 6 nitrogen and oxygen atoms in total. The van der Waals surface area contributed by atoms with Gasteiger partial charge < -0.3 is 25.6 Å². The number of hydrogen-bond donors (Lipinski definition) is 3. The van der Waals surface area contributed by atoms with Gasteiger partial charge in [0.05, 0.1) is 31.4 Å². The minimum atomic E-state index is -0.644. The number of carbonyl (C=O) groups is 1. The number of carbonyl (C=O) groups excluding carboxylic acids is 1. The molecule has 1 fully saturated rings. The maximum absolute atomic E-state index is 12.5. The van der Waals surface area contributed by atoms with Crippen molar-refractivity contribution in [3.05, 3.63) is 29.8 Å². The molecule has 0 aromatic heterocycles. The van der Waals surface area contributed by atoms with Gasteiger partial charge in [0.2, 0.25) is 5.91 Å². The van der Waals surface area contributed by atoms with Gasteiger partial charge in [-0.15, -0.1) is 0 Å². The summed E-state index contributed by atoms with van der Waals surface area (Å²) in [5, 5.41) is 18.4. The third kappa shape index (κ3) is 3.93. The molecule has 0 bridgehead atoms. The van der Waals surface area contributed by atoms with Crippen LogP contribution in [0.2, 0.25) is 0 Å². The number of nitrogens with two attached hydrogens (primary N) is 1. The molecule has 0 aliphatic carbocycles. The first kappa shape index (κ1) is 15.8. The van der Waals surface area contributed by atoms with Gasteiger partial charge in [-0.3, -0.25) is 4.79 Å². The number of ether oxygens (including phenoxy) is 1. The van der Waals surface area contributed by atoms with Crippen LogP contribution in [-0.4, -0.2) is 59.0 Å². The topological polar surface area (TPSA) is 96.0 Å². The summed E-state index contributed by atoms with van der Waals surface area (Å²) in [6.45, 7) is 2.56. The van der Waals surface area contributed by atoms with Crippen LogP contribution >= 0.6 is 0 Å². The number of rotatable bonds is 4. The van der Waals surface area contributed by atoms with E-state index in [0.717, 1.165) is 5.56 Å². The first-order chi connectivity index (χ1) is 10.0. The fraction of sp³-hybridized carbons (Fsp3) is 0.533. The minimum Gasteiger partial charge on any atom is -0.508 e. The highest BCUT2D eigenvalue weighted by Gasteiger charge is 2.31. The second-order valence-corrected chi connectivity index (χ2v) is 5.45. The average molecular weight is 294 g/mol. The van der Waals surface area contributed by atoms with Crippen LogP contribution < -0.4 is 5.73 Å². The molecule has 0 radical (unpaired) electrons. The number of morpholine rings is 1. The van der Waals surface area contributed by atoms with Crippen molar-refractivity contribution < 1.29 is 19.7 Å². The van der Waals surface area contributed by atoms with Gasteiger partial charge in [0.15, 0.2) is 0 Å². The summed E-state index contributed by atoms with van der Waals surface area (Å²) in [6.07, 6.45) is 0.0681. The van der Waals surface area contributed by atoms with Crippen molar-refractivity contribution in [3.63, 3.8) is 0 Å². The molecule has 1 aliphatic heterocycles. The van der Waals surface area contributed by atoms with Gasteiger partial charge in [0.1, 0.15) is 5.75 Å². The summed E-state index contributed by atoms with van der Waals surface area (Å²) in [5.74, 6) is 0.0450. The van der Waals surface area contributed by atoms with Gasteiger partial charge in [-0.2, -0.15) is 0 Å². The molecule has 6 heteroatoms. The van der Waals surface area contributed by atoms with Crippen LogP contribution in [0.1, 0.15) is 12.5 Å². The molecule has 1 amide bonds. The summed E-state index contributed by atoms with van der Waals surface area (Å²) in [7, 11) is 0. The van der Waals surface area contributed by atoms with E-state index in [0.29, 0.717) is 19.6 Å². The lowest BCUT2D eigenvalue weighted by molar-refractivity contribution is -0.147. The molecule has 1 aromatic carbocycles. The molecule has 3 atom stereocenters. The quantitative estimate of drug-likeness (QED) is 0.719. The van der Waals surface area contributed by atoms with Crippen molar-refractivity contribution in [1.29, 1.82) is 0 Å². The molecule has 2 rings (SSSR count). The van der Waals surface area contributed by atoms with Gasteiger partial charge in [0.25, 0.3) is 0 Å². The van der Waals surface area contributed by atoms with E-state index >= 15 is 0 Å². The molecular weight excluding hydrogens is 272 g/mol. The Kier molecular flexibility index (Phi) is 5.17. The lowest BCUT2D eigenvalue weighted by Crippen LogP contribution is -2.56. The smallest absolute Gasteiger partial charge is 0.240 e. The third-order valence-electron chi connectivity index (χ3n) is 3.70. The van der Waals surface area contributed by atoms with Crippen molar-refractivity contribution in [2.45, 2.75) is 31.5 Å². The number of phenols is 1. The lowest BCUT2D eigenvalue weighted by Gasteiger charge is -2.38. The van der Waals surface area contributed by atoms with Gasteiger partial charge in [0, 0.05) is 6.54 Å². The van der Waals surface area contributed by atoms with Crippen LogP contribution in [0.5, 0.6) is 5.75 Å². The van der Waals surface area contributed by atoms with E-state index in [-0.39, 0.29) is 30.4 Å². The fourth-order valence-corrected chi connectivity index (χ4v) is 2.42. The minimum absolute atomic E-state index is 0.0498. The summed E-state index contributed by atoms with van der Waals surface area (Å²) in [5.41, 5.74) is 6.91. The number of amides is 1. The molecule has 1 aliphatic rings. The highest BCUT2D eigenvalue weighted by molar-refractivity contribution is 5.82. The molecular formula is C15H22N2O4. The Hall–Kier alpha value is -1.63. The lowest BCUT2D eigenvalue weighted by atomic mass is 10.0. The number of aliphatic hydroxyl groups is 1. The summed E-state index contributed by atoms with van der Waals surface area (Å²) < 4.78 is 5.42. The zero-order valence-corrected chi connectivity index (χ0v) is 12.1. The molecule has 3 unspecified atom stereocenters. The maximum atomic E-state index is 12.5. The van der Waals surface area contributed by atoms with E-state index in [1.165, 1.54) is 0 Å². The first-order valence-electron chi connectivity index (χ1n) is 7.07. The summed E-state index contributed by atoms with van der Waals surface area (Å²) in [6, 6.07) is 5.96. The molecule has 1 saturated heterocycles. The van der Waals surface area contributed by atoms with Crippen LogP contribution in [-0.2, 0) is 16.0 Å². The Morgan fingerprint density at radius 1 is 1.48 bits per heavy atom. The van der Waals surface area contributed by atoms with E-state index in [1.54, 1.807) is 29.2 Å². The van der Waals surface area contributed by atoms with Crippen molar-refractivity contribution >= 4 is 5.91 Å². The number of phenolic OH excluding ortho intramolecular Hbond substituents is 1. The SMILES string of the molecule is CC1COC(CO)CN1C(=O)C(N)Cc1ccc(O)cc1. The summed E-state index contributed by atoms with van der Waals surface area (Å²) in [4.78, 5) is 14.1. The molecule has 116 valence electrons. The van der Waals surface area contributed by atoms with Gasteiger partial charge in [-0.1, -0.05) is 12.1 Å². The molecule has 0 saturated carbocycles. The number of aliphatic hydroxyl groups excluding tert-OH is 1. The molecule has 1 heterocycles. The predicted octanol–water partition coefficient (Wildman–Crippen LogP) is -0.130. The van der Waals surface area contributed by atoms with Crippen LogP contribution in [0.3, 0.4) is 0 Å². The number of hydrogen-bond acceptors (Lipinski definition) is 5. The molecule has 21 heavy (non-hydrogen) atoms. The number of aromatic hydroxyl groups is 1.